The summed E-state index contributed by atoms with van der Waals surface area (Å²) in [6, 6.07) is 25.8. The number of para-hydroxylation sites is 1. The monoisotopic (exact) mass is 453 g/mol. The minimum atomic E-state index is -4.51. The molecule has 0 spiro atoms. The maximum Gasteiger partial charge on any atom is 0.418 e. The van der Waals surface area contributed by atoms with E-state index in [4.69, 9.17) is 0 Å². The number of hydrogen-bond donors (Lipinski definition) is 1. The predicted molar refractivity (Wildman–Crippen MR) is 123 cm³/mol. The fourth-order valence-electron chi connectivity index (χ4n) is 4.30. The molecule has 0 atom stereocenters. The Kier molecular flexibility index (Phi) is 7.11. The van der Waals surface area contributed by atoms with Gasteiger partial charge in [0.05, 0.1) is 23.8 Å². The topological polar surface area (TPSA) is 35.6 Å². The van der Waals surface area contributed by atoms with Crippen LogP contribution in [-0.2, 0) is 11.0 Å². The molecule has 0 bridgehead atoms. The van der Waals surface area contributed by atoms with Crippen molar-refractivity contribution in [2.24, 2.45) is 0 Å². The lowest BCUT2D eigenvalue weighted by Gasteiger charge is -2.39. The molecule has 0 radical (unpaired) electrons. The molecule has 7 heteroatoms. The van der Waals surface area contributed by atoms with Gasteiger partial charge < -0.3 is 5.32 Å². The molecule has 4 nitrogen and oxygen atoms in total. The number of amides is 1. The molecule has 0 aromatic heterocycles. The zero-order chi connectivity index (χ0) is 23.3. The molecule has 1 amide bonds. The summed E-state index contributed by atoms with van der Waals surface area (Å²) in [7, 11) is 0. The Morgan fingerprint density at radius 2 is 1.30 bits per heavy atom. The average Bonchev–Trinajstić information content (AvgIpc) is 2.81. The number of halogens is 3. The first-order valence-corrected chi connectivity index (χ1v) is 10.9. The largest absolute Gasteiger partial charge is 0.418 e. The molecule has 1 aliphatic heterocycles. The molecule has 1 saturated heterocycles. The molecule has 33 heavy (non-hydrogen) atoms. The van der Waals surface area contributed by atoms with Crippen LogP contribution in [0.25, 0.3) is 0 Å². The van der Waals surface area contributed by atoms with Crippen LogP contribution in [0.1, 0.15) is 22.7 Å². The smallest absolute Gasteiger partial charge is 0.324 e. The van der Waals surface area contributed by atoms with Crippen molar-refractivity contribution in [3.63, 3.8) is 0 Å². The van der Waals surface area contributed by atoms with E-state index >= 15 is 0 Å². The number of nitrogens with one attached hydrogen (secondary N) is 1. The van der Waals surface area contributed by atoms with Crippen LogP contribution in [0, 0.1) is 0 Å². The first-order valence-electron chi connectivity index (χ1n) is 10.9. The number of anilines is 1. The van der Waals surface area contributed by atoms with Gasteiger partial charge in [0, 0.05) is 26.2 Å². The number of piperazine rings is 1. The van der Waals surface area contributed by atoms with Gasteiger partial charge in [-0.3, -0.25) is 14.6 Å². The third-order valence-corrected chi connectivity index (χ3v) is 5.88. The number of alkyl halides is 3. The standard InChI is InChI=1S/C26H26F3N3O/c27-26(28,29)22-13-7-8-14-23(22)30-24(33)19-31-15-17-32(18-16-31)25(20-9-3-1-4-10-20)21-11-5-2-6-12-21/h1-14,25H,15-19H2,(H,30,33). The zero-order valence-electron chi connectivity index (χ0n) is 18.1. The van der Waals surface area contributed by atoms with E-state index in [-0.39, 0.29) is 18.3 Å². The Bertz CT molecular complexity index is 1010. The highest BCUT2D eigenvalue weighted by Gasteiger charge is 2.34. The fraction of sp³-hybridized carbons (Fsp3) is 0.269. The number of nitrogens with zero attached hydrogens (tertiary/aromatic N) is 2. The first kappa shape index (κ1) is 23.0. The Balaban J connectivity index is 1.39. The average molecular weight is 454 g/mol. The second-order valence-electron chi connectivity index (χ2n) is 8.13. The van der Waals surface area contributed by atoms with Crippen molar-refractivity contribution in [1.29, 1.82) is 0 Å². The van der Waals surface area contributed by atoms with Gasteiger partial charge in [-0.15, -0.1) is 0 Å². The molecule has 1 fully saturated rings. The molecule has 1 heterocycles. The lowest BCUT2D eigenvalue weighted by atomic mass is 9.96. The van der Waals surface area contributed by atoms with Crippen LogP contribution >= 0.6 is 0 Å². The van der Waals surface area contributed by atoms with Gasteiger partial charge in [0.2, 0.25) is 5.91 Å². The van der Waals surface area contributed by atoms with Crippen LogP contribution in [0.5, 0.6) is 0 Å². The van der Waals surface area contributed by atoms with Gasteiger partial charge in [0.1, 0.15) is 0 Å². The van der Waals surface area contributed by atoms with Gasteiger partial charge in [0.25, 0.3) is 0 Å². The normalized spacial score (nSPS) is 15.5. The summed E-state index contributed by atoms with van der Waals surface area (Å²) in [4.78, 5) is 16.9. The molecule has 3 aromatic carbocycles. The molecule has 1 aliphatic rings. The highest BCUT2D eigenvalue weighted by Crippen LogP contribution is 2.34. The van der Waals surface area contributed by atoms with Gasteiger partial charge in [-0.1, -0.05) is 72.8 Å². The number of carbonyl (C=O) groups is 1. The van der Waals surface area contributed by atoms with E-state index in [1.165, 1.54) is 29.3 Å². The Labute approximate surface area is 191 Å². The zero-order valence-corrected chi connectivity index (χ0v) is 18.1. The second kappa shape index (κ2) is 10.2. The summed E-state index contributed by atoms with van der Waals surface area (Å²) in [6.45, 7) is 2.87. The van der Waals surface area contributed by atoms with Gasteiger partial charge in [-0.2, -0.15) is 13.2 Å². The third-order valence-electron chi connectivity index (χ3n) is 5.88. The van der Waals surface area contributed by atoms with Crippen molar-refractivity contribution >= 4 is 11.6 Å². The lowest BCUT2D eigenvalue weighted by molar-refractivity contribution is -0.137. The number of benzene rings is 3. The Morgan fingerprint density at radius 1 is 0.788 bits per heavy atom. The first-order chi connectivity index (χ1) is 15.9. The second-order valence-corrected chi connectivity index (χ2v) is 8.13. The minimum absolute atomic E-state index is 0.0569. The van der Waals surface area contributed by atoms with E-state index < -0.39 is 17.6 Å². The Hall–Kier alpha value is -3.16. The number of carbonyl (C=O) groups excluding carboxylic acids is 1. The van der Waals surface area contributed by atoms with Crippen molar-refractivity contribution in [2.45, 2.75) is 12.2 Å². The summed E-state index contributed by atoms with van der Waals surface area (Å²) in [5.74, 6) is -0.442. The van der Waals surface area contributed by atoms with Crippen molar-refractivity contribution in [1.82, 2.24) is 9.80 Å². The molecular weight excluding hydrogens is 427 g/mol. The molecule has 0 aliphatic carbocycles. The highest BCUT2D eigenvalue weighted by molar-refractivity contribution is 5.93. The van der Waals surface area contributed by atoms with Crippen LogP contribution < -0.4 is 5.32 Å². The molecule has 4 rings (SSSR count). The predicted octanol–water partition coefficient (Wildman–Crippen LogP) is 5.05. The fourth-order valence-corrected chi connectivity index (χ4v) is 4.30. The summed E-state index contributed by atoms with van der Waals surface area (Å²) in [6.07, 6.45) is -4.51. The maximum absolute atomic E-state index is 13.2. The molecule has 3 aromatic rings. The summed E-state index contributed by atoms with van der Waals surface area (Å²) < 4.78 is 39.6. The van der Waals surface area contributed by atoms with E-state index in [0.717, 1.165) is 19.2 Å². The van der Waals surface area contributed by atoms with Crippen LogP contribution in [0.15, 0.2) is 84.9 Å². The SMILES string of the molecule is O=C(CN1CCN(C(c2ccccc2)c2ccccc2)CC1)Nc1ccccc1C(F)(F)F. The van der Waals surface area contributed by atoms with Crippen molar-refractivity contribution in [3.05, 3.63) is 102 Å². The molecule has 0 unspecified atom stereocenters. The lowest BCUT2D eigenvalue weighted by Crippen LogP contribution is -2.49. The van der Waals surface area contributed by atoms with E-state index in [1.54, 1.807) is 0 Å². The maximum atomic E-state index is 13.2. The Morgan fingerprint density at radius 3 is 1.85 bits per heavy atom. The molecular formula is C26H26F3N3O. The van der Waals surface area contributed by atoms with Crippen LogP contribution in [0.2, 0.25) is 0 Å². The minimum Gasteiger partial charge on any atom is -0.324 e. The highest BCUT2D eigenvalue weighted by atomic mass is 19.4. The number of rotatable bonds is 6. The van der Waals surface area contributed by atoms with Crippen LogP contribution in [0.3, 0.4) is 0 Å². The molecule has 1 N–H and O–H groups in total. The summed E-state index contributed by atoms with van der Waals surface area (Å²) in [5, 5.41) is 2.44. The van der Waals surface area contributed by atoms with Gasteiger partial charge in [0.15, 0.2) is 0 Å². The van der Waals surface area contributed by atoms with E-state index in [1.807, 2.05) is 41.3 Å². The van der Waals surface area contributed by atoms with Crippen LogP contribution in [-0.4, -0.2) is 48.4 Å². The van der Waals surface area contributed by atoms with Crippen molar-refractivity contribution in [3.8, 4) is 0 Å². The van der Waals surface area contributed by atoms with Crippen LogP contribution in [0.4, 0.5) is 18.9 Å². The van der Waals surface area contributed by atoms with Crippen molar-refractivity contribution in [2.75, 3.05) is 38.0 Å². The van der Waals surface area contributed by atoms with Gasteiger partial charge in [-0.25, -0.2) is 0 Å². The van der Waals surface area contributed by atoms with Gasteiger partial charge >= 0.3 is 6.18 Å². The molecule has 0 saturated carbocycles. The number of hydrogen-bond acceptors (Lipinski definition) is 3. The van der Waals surface area contributed by atoms with Gasteiger partial charge in [-0.05, 0) is 23.3 Å². The molecule has 172 valence electrons. The third kappa shape index (κ3) is 5.80. The summed E-state index contributed by atoms with van der Waals surface area (Å²) >= 11 is 0. The quantitative estimate of drug-likeness (QED) is 0.567. The van der Waals surface area contributed by atoms with E-state index in [0.29, 0.717) is 13.1 Å². The van der Waals surface area contributed by atoms with E-state index in [9.17, 15) is 18.0 Å². The summed E-state index contributed by atoms with van der Waals surface area (Å²) in [5.41, 5.74) is 1.37. The van der Waals surface area contributed by atoms with E-state index in [2.05, 4.69) is 34.5 Å². The van der Waals surface area contributed by atoms with Crippen molar-refractivity contribution < 1.29 is 18.0 Å².